The molecular weight excluding hydrogens is 238 g/mol. The van der Waals surface area contributed by atoms with E-state index in [9.17, 15) is 0 Å². The predicted octanol–water partition coefficient (Wildman–Crippen LogP) is 4.48. The van der Waals surface area contributed by atoms with Crippen molar-refractivity contribution in [1.82, 2.24) is 0 Å². The van der Waals surface area contributed by atoms with Gasteiger partial charge in [0.1, 0.15) is 0 Å². The predicted molar refractivity (Wildman–Crippen MR) is 78.9 cm³/mol. The second-order valence-electron chi connectivity index (χ2n) is 5.13. The van der Waals surface area contributed by atoms with Gasteiger partial charge in [0.05, 0.1) is 0 Å². The molecule has 0 unspecified atom stereocenters. The lowest BCUT2D eigenvalue weighted by Crippen LogP contribution is -1.90. The molecule has 1 fully saturated rings. The van der Waals surface area contributed by atoms with Crippen molar-refractivity contribution in [3.8, 4) is 11.1 Å². The maximum Gasteiger partial charge on any atom is 0.0443 e. The molecule has 1 N–H and O–H groups in total. The van der Waals surface area contributed by atoms with Crippen LogP contribution in [0.4, 0.5) is 5.69 Å². The molecule has 0 spiro atoms. The molecule has 4 rings (SSSR count). The summed E-state index contributed by atoms with van der Waals surface area (Å²) in [6.07, 6.45) is 3.82. The van der Waals surface area contributed by atoms with Crippen LogP contribution < -0.4 is 4.72 Å². The lowest BCUT2D eigenvalue weighted by molar-refractivity contribution is 1.26. The fraction of sp³-hybridized carbons (Fsp3) is 0.250. The van der Waals surface area contributed by atoms with Crippen molar-refractivity contribution in [3.63, 3.8) is 0 Å². The molecule has 90 valence electrons. The first-order chi connectivity index (χ1) is 8.90. The van der Waals surface area contributed by atoms with Crippen LogP contribution in [0.2, 0.25) is 0 Å². The summed E-state index contributed by atoms with van der Waals surface area (Å²) in [5, 5.41) is 0.843. The molecule has 0 heterocycles. The van der Waals surface area contributed by atoms with Gasteiger partial charge in [-0.25, -0.2) is 0 Å². The average Bonchev–Trinajstić information content (AvgIpc) is 3.16. The van der Waals surface area contributed by atoms with Crippen molar-refractivity contribution in [2.24, 2.45) is 0 Å². The third-order valence-corrected chi connectivity index (χ3v) is 4.82. The van der Waals surface area contributed by atoms with Gasteiger partial charge < -0.3 is 4.72 Å². The lowest BCUT2D eigenvalue weighted by atomic mass is 10.1. The molecule has 2 aliphatic rings. The summed E-state index contributed by atoms with van der Waals surface area (Å²) < 4.78 is 3.48. The number of nitrogens with one attached hydrogen (secondary N) is 1. The van der Waals surface area contributed by atoms with Crippen LogP contribution in [-0.2, 0) is 6.42 Å². The molecule has 0 atom stereocenters. The van der Waals surface area contributed by atoms with Crippen molar-refractivity contribution in [1.29, 1.82) is 0 Å². The Hall–Kier alpha value is -1.41. The van der Waals surface area contributed by atoms with E-state index in [1.165, 1.54) is 40.8 Å². The second-order valence-corrected chi connectivity index (χ2v) is 6.23. The maximum atomic E-state index is 3.48. The van der Waals surface area contributed by atoms with Crippen LogP contribution in [0.25, 0.3) is 11.1 Å². The van der Waals surface area contributed by atoms with Gasteiger partial charge in [-0.15, -0.1) is 0 Å². The number of rotatable bonds is 3. The minimum Gasteiger partial charge on any atom is -0.330 e. The fourth-order valence-electron chi connectivity index (χ4n) is 2.55. The van der Waals surface area contributed by atoms with Crippen LogP contribution in [0.1, 0.15) is 24.0 Å². The second kappa shape index (κ2) is 4.06. The van der Waals surface area contributed by atoms with E-state index in [4.69, 9.17) is 0 Å². The highest BCUT2D eigenvalue weighted by molar-refractivity contribution is 8.01. The summed E-state index contributed by atoms with van der Waals surface area (Å²) in [7, 11) is 0. The number of hydrogen-bond acceptors (Lipinski definition) is 2. The third kappa shape index (κ3) is 1.81. The Morgan fingerprint density at radius 3 is 2.67 bits per heavy atom. The number of anilines is 1. The Morgan fingerprint density at radius 2 is 1.78 bits per heavy atom. The summed E-state index contributed by atoms with van der Waals surface area (Å²) in [6.45, 7) is 0. The van der Waals surface area contributed by atoms with Gasteiger partial charge in [0, 0.05) is 10.9 Å². The summed E-state index contributed by atoms with van der Waals surface area (Å²) >= 11 is 1.87. The average molecular weight is 253 g/mol. The molecule has 2 aliphatic carbocycles. The van der Waals surface area contributed by atoms with Crippen molar-refractivity contribution < 1.29 is 0 Å². The molecule has 2 aromatic rings. The van der Waals surface area contributed by atoms with E-state index in [1.807, 2.05) is 11.9 Å². The molecule has 0 aliphatic heterocycles. The summed E-state index contributed by atoms with van der Waals surface area (Å²) in [4.78, 5) is 0. The topological polar surface area (TPSA) is 12.0 Å². The van der Waals surface area contributed by atoms with E-state index in [2.05, 4.69) is 47.2 Å². The van der Waals surface area contributed by atoms with Gasteiger partial charge in [0.2, 0.25) is 0 Å². The Kier molecular flexibility index (Phi) is 2.37. The number of hydrogen-bond donors (Lipinski definition) is 1. The molecule has 1 nitrogen and oxygen atoms in total. The standard InChI is InChI=1S/C16H15NS/c1-2-4-15-11(3-1)9-12-10-13(5-8-16(12)15)17-18-14-6-7-14/h1-5,8,10,14,17H,6-7,9H2. The zero-order valence-corrected chi connectivity index (χ0v) is 11.0. The van der Waals surface area contributed by atoms with E-state index in [1.54, 1.807) is 0 Å². The first-order valence-corrected chi connectivity index (χ1v) is 7.41. The highest BCUT2D eigenvalue weighted by Gasteiger charge is 2.22. The molecular formula is C16H15NS. The number of fused-ring (bicyclic) bond motifs is 3. The first kappa shape index (κ1) is 10.5. The smallest absolute Gasteiger partial charge is 0.0443 e. The molecule has 0 aromatic heterocycles. The van der Waals surface area contributed by atoms with Crippen LogP contribution in [-0.4, -0.2) is 5.25 Å². The highest BCUT2D eigenvalue weighted by atomic mass is 32.2. The van der Waals surface area contributed by atoms with Crippen LogP contribution in [0, 0.1) is 0 Å². The quantitative estimate of drug-likeness (QED) is 0.691. The fourth-order valence-corrected chi connectivity index (χ4v) is 3.35. The van der Waals surface area contributed by atoms with Crippen molar-refractivity contribution in [2.75, 3.05) is 4.72 Å². The first-order valence-electron chi connectivity index (χ1n) is 6.53. The van der Waals surface area contributed by atoms with Gasteiger partial charge in [-0.05, 0) is 65.6 Å². The van der Waals surface area contributed by atoms with Gasteiger partial charge in [-0.3, -0.25) is 0 Å². The van der Waals surface area contributed by atoms with Gasteiger partial charge in [-0.2, -0.15) is 0 Å². The zero-order valence-electron chi connectivity index (χ0n) is 10.1. The van der Waals surface area contributed by atoms with Crippen molar-refractivity contribution in [3.05, 3.63) is 53.6 Å². The summed E-state index contributed by atoms with van der Waals surface area (Å²) in [6, 6.07) is 15.5. The van der Waals surface area contributed by atoms with E-state index in [0.29, 0.717) is 0 Å². The van der Waals surface area contributed by atoms with Crippen LogP contribution in [0.15, 0.2) is 42.5 Å². The molecule has 1 saturated carbocycles. The highest BCUT2D eigenvalue weighted by Crippen LogP contribution is 2.39. The Bertz CT molecular complexity index is 602. The molecule has 2 aromatic carbocycles. The van der Waals surface area contributed by atoms with E-state index in [-0.39, 0.29) is 0 Å². The largest absolute Gasteiger partial charge is 0.330 e. The van der Waals surface area contributed by atoms with E-state index < -0.39 is 0 Å². The monoisotopic (exact) mass is 253 g/mol. The minimum atomic E-state index is 0.843. The Morgan fingerprint density at radius 1 is 0.944 bits per heavy atom. The maximum absolute atomic E-state index is 3.48. The molecule has 18 heavy (non-hydrogen) atoms. The van der Waals surface area contributed by atoms with Crippen LogP contribution in [0.3, 0.4) is 0 Å². The Labute approximate surface area is 112 Å². The Balaban J connectivity index is 1.63. The molecule has 0 bridgehead atoms. The van der Waals surface area contributed by atoms with Crippen molar-refractivity contribution in [2.45, 2.75) is 24.5 Å². The van der Waals surface area contributed by atoms with E-state index in [0.717, 1.165) is 11.7 Å². The third-order valence-electron chi connectivity index (χ3n) is 3.66. The van der Waals surface area contributed by atoms with Crippen molar-refractivity contribution >= 4 is 17.6 Å². The lowest BCUT2D eigenvalue weighted by Gasteiger charge is -2.07. The van der Waals surface area contributed by atoms with Gasteiger partial charge in [0.15, 0.2) is 0 Å². The van der Waals surface area contributed by atoms with Crippen LogP contribution in [0.5, 0.6) is 0 Å². The van der Waals surface area contributed by atoms with E-state index >= 15 is 0 Å². The molecule has 2 heteroatoms. The SMILES string of the molecule is c1ccc2c(c1)Cc1cc(NSC3CC3)ccc1-2. The van der Waals surface area contributed by atoms with Gasteiger partial charge >= 0.3 is 0 Å². The van der Waals surface area contributed by atoms with Gasteiger partial charge in [0.25, 0.3) is 0 Å². The van der Waals surface area contributed by atoms with Crippen LogP contribution >= 0.6 is 11.9 Å². The molecule has 0 radical (unpaired) electrons. The molecule has 0 amide bonds. The molecule has 0 saturated heterocycles. The minimum absolute atomic E-state index is 0.843. The summed E-state index contributed by atoms with van der Waals surface area (Å²) in [5.74, 6) is 0. The zero-order chi connectivity index (χ0) is 11.9. The summed E-state index contributed by atoms with van der Waals surface area (Å²) in [5.41, 5.74) is 6.98. The number of benzene rings is 2. The van der Waals surface area contributed by atoms with Gasteiger partial charge in [-0.1, -0.05) is 30.3 Å². The normalized spacial score (nSPS) is 16.2.